The van der Waals surface area contributed by atoms with E-state index in [1.54, 1.807) is 6.07 Å². The SMILES string of the molecule is Cc1ccc([N+](=O)[O-])cc1SCl. The minimum absolute atomic E-state index is 0.0729. The molecule has 64 valence electrons. The number of aryl methyl sites for hydroxylation is 1. The Kier molecular flexibility index (Phi) is 2.94. The molecule has 12 heavy (non-hydrogen) atoms. The molecule has 0 aliphatic rings. The summed E-state index contributed by atoms with van der Waals surface area (Å²) in [4.78, 5) is 10.6. The first-order valence-electron chi connectivity index (χ1n) is 3.19. The number of nitro groups is 1. The maximum absolute atomic E-state index is 10.3. The molecule has 0 atom stereocenters. The van der Waals surface area contributed by atoms with Crippen LogP contribution in [0.3, 0.4) is 0 Å². The van der Waals surface area contributed by atoms with Gasteiger partial charge in [-0.05, 0) is 34.1 Å². The molecule has 0 aromatic heterocycles. The molecular formula is C7H6ClNO2S. The second-order valence-electron chi connectivity index (χ2n) is 2.28. The highest BCUT2D eigenvalue weighted by atomic mass is 35.7. The zero-order valence-electron chi connectivity index (χ0n) is 6.28. The van der Waals surface area contributed by atoms with Gasteiger partial charge in [-0.25, -0.2) is 0 Å². The molecule has 0 saturated heterocycles. The van der Waals surface area contributed by atoms with E-state index in [1.165, 1.54) is 12.1 Å². The van der Waals surface area contributed by atoms with Crippen LogP contribution in [0.5, 0.6) is 0 Å². The van der Waals surface area contributed by atoms with Gasteiger partial charge in [0.2, 0.25) is 0 Å². The Bertz CT molecular complexity index is 316. The Balaban J connectivity index is 3.13. The standard InChI is InChI=1S/C7H6ClNO2S/c1-5-2-3-6(9(10)11)4-7(5)12-8/h2-4H,1H3. The summed E-state index contributed by atoms with van der Waals surface area (Å²) in [6, 6.07) is 4.61. The highest BCUT2D eigenvalue weighted by molar-refractivity contribution is 8.21. The third kappa shape index (κ3) is 1.89. The average Bonchev–Trinajstić information content (AvgIpc) is 2.05. The van der Waals surface area contributed by atoms with E-state index in [9.17, 15) is 10.1 Å². The van der Waals surface area contributed by atoms with Crippen LogP contribution in [0.4, 0.5) is 5.69 Å². The number of benzene rings is 1. The van der Waals surface area contributed by atoms with Crippen molar-refractivity contribution in [3.8, 4) is 0 Å². The largest absolute Gasteiger partial charge is 0.270 e. The number of hydrogen-bond acceptors (Lipinski definition) is 3. The van der Waals surface area contributed by atoms with E-state index in [2.05, 4.69) is 0 Å². The molecule has 0 aliphatic heterocycles. The third-order valence-electron chi connectivity index (χ3n) is 1.47. The van der Waals surface area contributed by atoms with Crippen LogP contribution in [0.2, 0.25) is 0 Å². The number of nitrogens with zero attached hydrogens (tertiary/aromatic N) is 1. The first-order chi connectivity index (χ1) is 5.65. The predicted molar refractivity (Wildman–Crippen MR) is 49.5 cm³/mol. The van der Waals surface area contributed by atoms with E-state index in [-0.39, 0.29) is 5.69 Å². The fraction of sp³-hybridized carbons (Fsp3) is 0.143. The summed E-state index contributed by atoms with van der Waals surface area (Å²) in [5, 5.41) is 10.3. The smallest absolute Gasteiger partial charge is 0.258 e. The van der Waals surface area contributed by atoms with Crippen molar-refractivity contribution in [2.75, 3.05) is 0 Å². The Hall–Kier alpha value is -0.740. The highest BCUT2D eigenvalue weighted by Crippen LogP contribution is 2.28. The molecule has 0 heterocycles. The second kappa shape index (κ2) is 3.78. The van der Waals surface area contributed by atoms with Crippen LogP contribution in [-0.4, -0.2) is 4.92 Å². The highest BCUT2D eigenvalue weighted by Gasteiger charge is 2.07. The molecule has 0 unspecified atom stereocenters. The molecule has 0 saturated carbocycles. The van der Waals surface area contributed by atoms with Gasteiger partial charge in [-0.2, -0.15) is 0 Å². The molecule has 0 bridgehead atoms. The number of non-ortho nitro benzene ring substituents is 1. The number of halogens is 1. The fourth-order valence-corrected chi connectivity index (χ4v) is 1.64. The van der Waals surface area contributed by atoms with Crippen molar-refractivity contribution in [1.82, 2.24) is 0 Å². The van der Waals surface area contributed by atoms with E-state index >= 15 is 0 Å². The molecule has 0 fully saturated rings. The quantitative estimate of drug-likeness (QED) is 0.548. The lowest BCUT2D eigenvalue weighted by atomic mass is 10.2. The normalized spacial score (nSPS) is 9.83. The molecule has 1 rings (SSSR count). The minimum Gasteiger partial charge on any atom is -0.258 e. The molecule has 3 nitrogen and oxygen atoms in total. The van der Waals surface area contributed by atoms with Crippen molar-refractivity contribution in [2.24, 2.45) is 0 Å². The van der Waals surface area contributed by atoms with Gasteiger partial charge in [0.15, 0.2) is 0 Å². The van der Waals surface area contributed by atoms with Crippen molar-refractivity contribution >= 4 is 27.3 Å². The van der Waals surface area contributed by atoms with E-state index in [0.717, 1.165) is 21.4 Å². The Morgan fingerprint density at radius 1 is 1.58 bits per heavy atom. The molecule has 0 aliphatic carbocycles. The number of nitro benzene ring substituents is 1. The van der Waals surface area contributed by atoms with Gasteiger partial charge in [0, 0.05) is 17.0 Å². The molecule has 5 heteroatoms. The molecule has 1 aromatic carbocycles. The van der Waals surface area contributed by atoms with E-state index in [1.807, 2.05) is 6.92 Å². The molecule has 0 radical (unpaired) electrons. The predicted octanol–water partition coefficient (Wildman–Crippen LogP) is 3.15. The van der Waals surface area contributed by atoms with Gasteiger partial charge in [-0.15, -0.1) is 0 Å². The molecule has 0 N–H and O–H groups in total. The summed E-state index contributed by atoms with van der Waals surface area (Å²) in [6.45, 7) is 1.86. The zero-order chi connectivity index (χ0) is 9.14. The summed E-state index contributed by atoms with van der Waals surface area (Å²) < 4.78 is 0. The third-order valence-corrected chi connectivity index (χ3v) is 2.57. The maximum Gasteiger partial charge on any atom is 0.270 e. The van der Waals surface area contributed by atoms with Gasteiger partial charge in [-0.1, -0.05) is 6.07 Å². The number of hydrogen-bond donors (Lipinski definition) is 0. The van der Waals surface area contributed by atoms with Crippen molar-refractivity contribution in [3.63, 3.8) is 0 Å². The van der Waals surface area contributed by atoms with Gasteiger partial charge >= 0.3 is 0 Å². The van der Waals surface area contributed by atoms with Crippen LogP contribution in [0.25, 0.3) is 0 Å². The topological polar surface area (TPSA) is 43.1 Å². The van der Waals surface area contributed by atoms with Crippen LogP contribution < -0.4 is 0 Å². The van der Waals surface area contributed by atoms with E-state index in [0.29, 0.717) is 0 Å². The first kappa shape index (κ1) is 9.35. The summed E-state index contributed by atoms with van der Waals surface area (Å²) in [5.41, 5.74) is 1.02. The van der Waals surface area contributed by atoms with Crippen LogP contribution in [0.15, 0.2) is 23.1 Å². The summed E-state index contributed by atoms with van der Waals surface area (Å²) >= 11 is 0. The zero-order valence-corrected chi connectivity index (χ0v) is 7.85. The first-order valence-corrected chi connectivity index (χ1v) is 4.83. The minimum atomic E-state index is -0.434. The summed E-state index contributed by atoms with van der Waals surface area (Å²) in [5.74, 6) is 0. The molecular weight excluding hydrogens is 198 g/mol. The lowest BCUT2D eigenvalue weighted by Gasteiger charge is -1.98. The van der Waals surface area contributed by atoms with Crippen molar-refractivity contribution in [1.29, 1.82) is 0 Å². The molecule has 1 aromatic rings. The van der Waals surface area contributed by atoms with Crippen molar-refractivity contribution < 1.29 is 4.92 Å². The lowest BCUT2D eigenvalue weighted by Crippen LogP contribution is -1.88. The van der Waals surface area contributed by atoms with Crippen LogP contribution in [0.1, 0.15) is 5.56 Å². The van der Waals surface area contributed by atoms with Crippen LogP contribution in [-0.2, 0) is 0 Å². The second-order valence-corrected chi connectivity index (χ2v) is 3.34. The van der Waals surface area contributed by atoms with Crippen molar-refractivity contribution in [2.45, 2.75) is 11.8 Å². The average molecular weight is 204 g/mol. The monoisotopic (exact) mass is 203 g/mol. The van der Waals surface area contributed by atoms with Gasteiger partial charge < -0.3 is 0 Å². The van der Waals surface area contributed by atoms with Crippen molar-refractivity contribution in [3.05, 3.63) is 33.9 Å². The number of rotatable bonds is 2. The maximum atomic E-state index is 10.3. The van der Waals surface area contributed by atoms with Crippen LogP contribution in [0, 0.1) is 17.0 Å². The van der Waals surface area contributed by atoms with E-state index < -0.39 is 4.92 Å². The molecule has 0 amide bonds. The van der Waals surface area contributed by atoms with Gasteiger partial charge in [0.05, 0.1) is 4.92 Å². The van der Waals surface area contributed by atoms with Crippen LogP contribution >= 0.6 is 21.7 Å². The summed E-state index contributed by atoms with van der Waals surface area (Å²) in [6.07, 6.45) is 0. The summed E-state index contributed by atoms with van der Waals surface area (Å²) in [7, 11) is 6.50. The van der Waals surface area contributed by atoms with Gasteiger partial charge in [-0.3, -0.25) is 10.1 Å². The lowest BCUT2D eigenvalue weighted by molar-refractivity contribution is -0.385. The Morgan fingerprint density at radius 3 is 2.75 bits per heavy atom. The van der Waals surface area contributed by atoms with E-state index in [4.69, 9.17) is 10.7 Å². The van der Waals surface area contributed by atoms with Gasteiger partial charge in [0.25, 0.3) is 5.69 Å². The van der Waals surface area contributed by atoms with Gasteiger partial charge in [0.1, 0.15) is 0 Å². The molecule has 0 spiro atoms. The fourth-order valence-electron chi connectivity index (χ4n) is 0.785. The Morgan fingerprint density at radius 2 is 2.25 bits per heavy atom. The Labute approximate surface area is 78.4 Å².